The number of hydrogen-bond acceptors (Lipinski definition) is 3. The number of aromatic nitrogens is 2. The van der Waals surface area contributed by atoms with Gasteiger partial charge in [0.25, 0.3) is 0 Å². The van der Waals surface area contributed by atoms with Crippen LogP contribution in [0.15, 0.2) is 35.6 Å². The SMILES string of the molecule is CN=C(NCCc1cn2ccccc2n1)NCC1(CCOC)CCC1. The van der Waals surface area contributed by atoms with Crippen LogP contribution in [0.3, 0.4) is 0 Å². The van der Waals surface area contributed by atoms with Gasteiger partial charge in [-0.25, -0.2) is 4.98 Å². The molecule has 0 aromatic carbocycles. The van der Waals surface area contributed by atoms with Crippen LogP contribution in [-0.2, 0) is 11.2 Å². The number of guanidine groups is 1. The minimum absolute atomic E-state index is 0.384. The summed E-state index contributed by atoms with van der Waals surface area (Å²) in [6.45, 7) is 2.61. The third-order valence-electron chi connectivity index (χ3n) is 5.19. The number of imidazole rings is 1. The molecule has 2 aromatic rings. The van der Waals surface area contributed by atoms with Crippen molar-refractivity contribution in [1.82, 2.24) is 20.0 Å². The first-order chi connectivity index (χ1) is 12.2. The summed E-state index contributed by atoms with van der Waals surface area (Å²) in [5.41, 5.74) is 2.46. The maximum absolute atomic E-state index is 5.26. The van der Waals surface area contributed by atoms with E-state index in [2.05, 4.69) is 31.2 Å². The highest BCUT2D eigenvalue weighted by Crippen LogP contribution is 2.43. The fraction of sp³-hybridized carbons (Fsp3) is 0.579. The van der Waals surface area contributed by atoms with Crippen LogP contribution in [0.1, 0.15) is 31.4 Å². The first kappa shape index (κ1) is 17.7. The topological polar surface area (TPSA) is 63.0 Å². The van der Waals surface area contributed by atoms with Crippen molar-refractivity contribution < 1.29 is 4.74 Å². The van der Waals surface area contributed by atoms with E-state index >= 15 is 0 Å². The summed E-state index contributed by atoms with van der Waals surface area (Å²) in [4.78, 5) is 8.97. The van der Waals surface area contributed by atoms with Gasteiger partial charge in [0, 0.05) is 52.7 Å². The summed E-state index contributed by atoms with van der Waals surface area (Å²) in [6, 6.07) is 6.05. The summed E-state index contributed by atoms with van der Waals surface area (Å²) < 4.78 is 7.32. The molecule has 6 heteroatoms. The molecule has 0 spiro atoms. The second kappa shape index (κ2) is 8.34. The molecule has 3 rings (SSSR count). The highest BCUT2D eigenvalue weighted by Gasteiger charge is 2.36. The summed E-state index contributed by atoms with van der Waals surface area (Å²) in [7, 11) is 3.60. The van der Waals surface area contributed by atoms with Gasteiger partial charge in [-0.1, -0.05) is 12.5 Å². The van der Waals surface area contributed by atoms with Crippen LogP contribution < -0.4 is 10.6 Å². The molecule has 2 heterocycles. The molecule has 0 saturated heterocycles. The van der Waals surface area contributed by atoms with Crippen LogP contribution in [-0.4, -0.2) is 49.2 Å². The minimum Gasteiger partial charge on any atom is -0.385 e. The monoisotopic (exact) mass is 343 g/mol. The van der Waals surface area contributed by atoms with Crippen molar-refractivity contribution in [2.24, 2.45) is 10.4 Å². The molecule has 1 saturated carbocycles. The van der Waals surface area contributed by atoms with Crippen molar-refractivity contribution in [1.29, 1.82) is 0 Å². The predicted octanol–water partition coefficient (Wildman–Crippen LogP) is 2.25. The lowest BCUT2D eigenvalue weighted by molar-refractivity contribution is 0.0732. The molecule has 0 atom stereocenters. The molecular weight excluding hydrogens is 314 g/mol. The normalized spacial score (nSPS) is 16.6. The molecular formula is C19H29N5O. The second-order valence-corrected chi connectivity index (χ2v) is 6.90. The Morgan fingerprint density at radius 3 is 2.92 bits per heavy atom. The van der Waals surface area contributed by atoms with Gasteiger partial charge in [-0.3, -0.25) is 4.99 Å². The summed E-state index contributed by atoms with van der Waals surface area (Å²) in [6.07, 6.45) is 9.99. The van der Waals surface area contributed by atoms with E-state index < -0.39 is 0 Å². The fourth-order valence-electron chi connectivity index (χ4n) is 3.42. The van der Waals surface area contributed by atoms with Gasteiger partial charge in [-0.15, -0.1) is 0 Å². The number of hydrogen-bond donors (Lipinski definition) is 2. The molecule has 0 radical (unpaired) electrons. The van der Waals surface area contributed by atoms with Crippen molar-refractivity contribution in [2.45, 2.75) is 32.1 Å². The number of pyridine rings is 1. The van der Waals surface area contributed by atoms with E-state index in [1.165, 1.54) is 19.3 Å². The van der Waals surface area contributed by atoms with Crippen molar-refractivity contribution >= 4 is 11.6 Å². The molecule has 1 fully saturated rings. The molecule has 25 heavy (non-hydrogen) atoms. The number of methoxy groups -OCH3 is 1. The lowest BCUT2D eigenvalue weighted by atomic mass is 9.67. The lowest BCUT2D eigenvalue weighted by Gasteiger charge is -2.42. The number of nitrogens with one attached hydrogen (secondary N) is 2. The van der Waals surface area contributed by atoms with Gasteiger partial charge < -0.3 is 19.8 Å². The molecule has 2 aromatic heterocycles. The largest absolute Gasteiger partial charge is 0.385 e. The molecule has 0 bridgehead atoms. The number of nitrogens with zero attached hydrogens (tertiary/aromatic N) is 3. The first-order valence-corrected chi connectivity index (χ1v) is 9.11. The Hall–Kier alpha value is -2.08. The van der Waals surface area contributed by atoms with Crippen LogP contribution in [0.5, 0.6) is 0 Å². The maximum Gasteiger partial charge on any atom is 0.191 e. The number of ether oxygens (including phenoxy) is 1. The van der Waals surface area contributed by atoms with Gasteiger partial charge in [0.1, 0.15) is 5.65 Å². The quantitative estimate of drug-likeness (QED) is 0.570. The van der Waals surface area contributed by atoms with E-state index in [0.717, 1.165) is 49.8 Å². The molecule has 136 valence electrons. The third kappa shape index (κ3) is 4.51. The fourth-order valence-corrected chi connectivity index (χ4v) is 3.42. The Morgan fingerprint density at radius 1 is 1.36 bits per heavy atom. The number of fused-ring (bicyclic) bond motifs is 1. The van der Waals surface area contributed by atoms with Crippen LogP contribution >= 0.6 is 0 Å². The lowest BCUT2D eigenvalue weighted by Crippen LogP contribution is -2.47. The van der Waals surface area contributed by atoms with Gasteiger partial charge in [0.15, 0.2) is 5.96 Å². The molecule has 6 nitrogen and oxygen atoms in total. The van der Waals surface area contributed by atoms with E-state index in [-0.39, 0.29) is 0 Å². The highest BCUT2D eigenvalue weighted by molar-refractivity contribution is 5.79. The summed E-state index contributed by atoms with van der Waals surface area (Å²) in [5, 5.41) is 6.89. The minimum atomic E-state index is 0.384. The zero-order valence-corrected chi connectivity index (χ0v) is 15.3. The van der Waals surface area contributed by atoms with Crippen molar-refractivity contribution in [2.75, 3.05) is 33.9 Å². The molecule has 0 unspecified atom stereocenters. The predicted molar refractivity (Wildman–Crippen MR) is 101 cm³/mol. The summed E-state index contributed by atoms with van der Waals surface area (Å²) in [5.74, 6) is 0.868. The Morgan fingerprint density at radius 2 is 2.24 bits per heavy atom. The van der Waals surface area contributed by atoms with Crippen LogP contribution in [0.4, 0.5) is 0 Å². The smallest absolute Gasteiger partial charge is 0.191 e. The molecule has 2 N–H and O–H groups in total. The molecule has 1 aliphatic carbocycles. The Bertz CT molecular complexity index is 672. The number of rotatable bonds is 8. The molecule has 0 aliphatic heterocycles. The van der Waals surface area contributed by atoms with Gasteiger partial charge in [0.2, 0.25) is 0 Å². The van der Waals surface area contributed by atoms with Crippen LogP contribution in [0, 0.1) is 5.41 Å². The van der Waals surface area contributed by atoms with Crippen molar-refractivity contribution in [3.05, 3.63) is 36.3 Å². The first-order valence-electron chi connectivity index (χ1n) is 9.11. The Balaban J connectivity index is 1.44. The second-order valence-electron chi connectivity index (χ2n) is 6.90. The highest BCUT2D eigenvalue weighted by atomic mass is 16.5. The van der Waals surface area contributed by atoms with Crippen molar-refractivity contribution in [3.63, 3.8) is 0 Å². The Labute approximate surface area is 149 Å². The zero-order chi connectivity index (χ0) is 17.5. The standard InChI is InChI=1S/C19H29N5O/c1-20-18(22-15-19(8-5-9-19)10-13-25-2)21-11-7-16-14-24-12-4-3-6-17(24)23-16/h3-4,6,12,14H,5,7-11,13,15H2,1-2H3,(H2,20,21,22). The van der Waals surface area contributed by atoms with E-state index in [9.17, 15) is 0 Å². The van der Waals surface area contributed by atoms with Crippen molar-refractivity contribution in [3.8, 4) is 0 Å². The average Bonchev–Trinajstić information content (AvgIpc) is 3.01. The van der Waals surface area contributed by atoms with Crippen LogP contribution in [0.25, 0.3) is 5.65 Å². The van der Waals surface area contributed by atoms with Gasteiger partial charge in [0.05, 0.1) is 5.69 Å². The summed E-state index contributed by atoms with van der Waals surface area (Å²) >= 11 is 0. The number of aliphatic imine (C=N–C) groups is 1. The van der Waals surface area contributed by atoms with Gasteiger partial charge >= 0.3 is 0 Å². The van der Waals surface area contributed by atoms with Gasteiger partial charge in [-0.2, -0.15) is 0 Å². The van der Waals surface area contributed by atoms with E-state index in [4.69, 9.17) is 4.74 Å². The zero-order valence-electron chi connectivity index (χ0n) is 15.3. The van der Waals surface area contributed by atoms with Gasteiger partial charge in [-0.05, 0) is 36.8 Å². The third-order valence-corrected chi connectivity index (χ3v) is 5.19. The molecule has 1 aliphatic rings. The molecule has 0 amide bonds. The van der Waals surface area contributed by atoms with E-state index in [0.29, 0.717) is 5.41 Å². The maximum atomic E-state index is 5.26. The van der Waals surface area contributed by atoms with E-state index in [1.54, 1.807) is 7.11 Å². The Kier molecular flexibility index (Phi) is 5.91. The van der Waals surface area contributed by atoms with Crippen LogP contribution in [0.2, 0.25) is 0 Å². The average molecular weight is 343 g/mol. The van der Waals surface area contributed by atoms with E-state index in [1.807, 2.05) is 31.4 Å².